The third-order valence-electron chi connectivity index (χ3n) is 6.90. The van der Waals surface area contributed by atoms with Crippen LogP contribution in [0, 0.1) is 12.8 Å². The number of imidazole rings is 1. The minimum absolute atomic E-state index is 0.0703. The summed E-state index contributed by atoms with van der Waals surface area (Å²) >= 11 is 6.13. The Morgan fingerprint density at radius 1 is 1.05 bits per heavy atom. The molecule has 0 bridgehead atoms. The number of nitrogens with one attached hydrogen (secondary N) is 1. The van der Waals surface area contributed by atoms with Crippen LogP contribution in [0.25, 0.3) is 11.2 Å². The number of halogens is 6. The highest BCUT2D eigenvalue weighted by Crippen LogP contribution is 2.51. The van der Waals surface area contributed by atoms with Crippen molar-refractivity contribution in [3.63, 3.8) is 0 Å². The van der Waals surface area contributed by atoms with Crippen LogP contribution in [0.2, 0.25) is 5.28 Å². The number of hydrogen-bond acceptors (Lipinski definition) is 5. The SMILES string of the molecule is CC.Cc1nc2nc(Cl)nc(N3CCN(C(c4ccc(C(F)(F)F)cc4)C4CC(F)(F)C4)CC3C)c2[nH]1. The van der Waals surface area contributed by atoms with Crippen LogP contribution < -0.4 is 4.90 Å². The third-order valence-corrected chi connectivity index (χ3v) is 7.06. The number of hydrogen-bond donors (Lipinski definition) is 1. The van der Waals surface area contributed by atoms with Crippen molar-refractivity contribution >= 4 is 28.6 Å². The first-order valence-corrected chi connectivity index (χ1v) is 12.7. The van der Waals surface area contributed by atoms with Crippen LogP contribution in [0.3, 0.4) is 0 Å². The Bertz CT molecular complexity index is 1220. The summed E-state index contributed by atoms with van der Waals surface area (Å²) < 4.78 is 66.8. The zero-order chi connectivity index (χ0) is 27.1. The molecule has 0 radical (unpaired) electrons. The first-order chi connectivity index (χ1) is 17.4. The van der Waals surface area contributed by atoms with Gasteiger partial charge in [0.1, 0.15) is 11.3 Å². The Labute approximate surface area is 217 Å². The van der Waals surface area contributed by atoms with Crippen LogP contribution >= 0.6 is 11.6 Å². The van der Waals surface area contributed by atoms with Crippen LogP contribution in [0.4, 0.5) is 27.8 Å². The van der Waals surface area contributed by atoms with Crippen molar-refractivity contribution in [1.29, 1.82) is 0 Å². The molecule has 1 N–H and O–H groups in total. The quantitative estimate of drug-likeness (QED) is 0.294. The Morgan fingerprint density at radius 3 is 2.27 bits per heavy atom. The average molecular weight is 545 g/mol. The van der Waals surface area contributed by atoms with Crippen LogP contribution in [0.5, 0.6) is 0 Å². The molecule has 12 heteroatoms. The van der Waals surface area contributed by atoms with E-state index >= 15 is 0 Å². The fourth-order valence-electron chi connectivity index (χ4n) is 5.31. The molecule has 1 aliphatic carbocycles. The van der Waals surface area contributed by atoms with Gasteiger partial charge in [-0.2, -0.15) is 23.1 Å². The Hall–Kier alpha value is -2.53. The normalized spacial score (nSPS) is 21.4. The average Bonchev–Trinajstić information content (AvgIpc) is 3.19. The van der Waals surface area contributed by atoms with E-state index in [2.05, 4.69) is 29.7 Å². The number of piperazine rings is 1. The van der Waals surface area contributed by atoms with E-state index in [-0.39, 0.29) is 30.1 Å². The maximum absolute atomic E-state index is 13.8. The van der Waals surface area contributed by atoms with Crippen LogP contribution in [0.15, 0.2) is 24.3 Å². The van der Waals surface area contributed by atoms with Gasteiger partial charge in [0.15, 0.2) is 11.5 Å². The first-order valence-electron chi connectivity index (χ1n) is 12.4. The first kappa shape index (κ1) is 27.5. The number of aryl methyl sites for hydroxylation is 1. The molecule has 1 saturated carbocycles. The van der Waals surface area contributed by atoms with Crippen molar-refractivity contribution in [3.8, 4) is 0 Å². The van der Waals surface area contributed by atoms with Crippen molar-refractivity contribution < 1.29 is 22.0 Å². The maximum atomic E-state index is 13.8. The highest BCUT2D eigenvalue weighted by atomic mass is 35.5. The second-order valence-corrected chi connectivity index (χ2v) is 9.80. The largest absolute Gasteiger partial charge is 0.416 e. The molecular weight excluding hydrogens is 515 g/mol. The predicted molar refractivity (Wildman–Crippen MR) is 133 cm³/mol. The van der Waals surface area contributed by atoms with Crippen molar-refractivity contribution in [2.45, 2.75) is 64.7 Å². The van der Waals surface area contributed by atoms with Gasteiger partial charge in [-0.05, 0) is 49.1 Å². The molecule has 2 fully saturated rings. The molecular formula is C25H30ClF5N6. The predicted octanol–water partition coefficient (Wildman–Crippen LogP) is 6.66. The molecule has 0 spiro atoms. The molecule has 1 saturated heterocycles. The van der Waals surface area contributed by atoms with E-state index in [0.29, 0.717) is 48.0 Å². The summed E-state index contributed by atoms with van der Waals surface area (Å²) in [6, 6.07) is 4.42. The number of fused-ring (bicyclic) bond motifs is 1. The second kappa shape index (κ2) is 10.3. The van der Waals surface area contributed by atoms with E-state index in [1.807, 2.05) is 27.7 Å². The van der Waals surface area contributed by atoms with E-state index in [0.717, 1.165) is 12.1 Å². The van der Waals surface area contributed by atoms with Crippen molar-refractivity contribution in [1.82, 2.24) is 24.8 Å². The molecule has 2 unspecified atom stereocenters. The minimum atomic E-state index is -4.45. The van der Waals surface area contributed by atoms with Gasteiger partial charge in [-0.25, -0.2) is 13.8 Å². The molecule has 3 aromatic rings. The topological polar surface area (TPSA) is 60.9 Å². The highest BCUT2D eigenvalue weighted by Gasteiger charge is 2.50. The van der Waals surface area contributed by atoms with Gasteiger partial charge < -0.3 is 9.88 Å². The number of aromatic nitrogens is 4. The summed E-state index contributed by atoms with van der Waals surface area (Å²) in [6.45, 7) is 9.38. The Kier molecular flexibility index (Phi) is 7.67. The van der Waals surface area contributed by atoms with E-state index in [9.17, 15) is 22.0 Å². The fourth-order valence-corrected chi connectivity index (χ4v) is 5.47. The van der Waals surface area contributed by atoms with Gasteiger partial charge in [-0.15, -0.1) is 0 Å². The van der Waals surface area contributed by atoms with Crippen molar-refractivity contribution in [2.75, 3.05) is 24.5 Å². The monoisotopic (exact) mass is 544 g/mol. The van der Waals surface area contributed by atoms with E-state index in [1.54, 1.807) is 0 Å². The van der Waals surface area contributed by atoms with Gasteiger partial charge >= 0.3 is 6.18 Å². The number of rotatable bonds is 4. The smallest absolute Gasteiger partial charge is 0.349 e. The van der Waals surface area contributed by atoms with Gasteiger partial charge in [-0.3, -0.25) is 4.90 Å². The van der Waals surface area contributed by atoms with Gasteiger partial charge in [-0.1, -0.05) is 26.0 Å². The lowest BCUT2D eigenvalue weighted by Crippen LogP contribution is -2.56. The van der Waals surface area contributed by atoms with E-state index in [1.165, 1.54) is 12.1 Å². The van der Waals surface area contributed by atoms with Crippen molar-refractivity contribution in [2.24, 2.45) is 5.92 Å². The number of anilines is 1. The Morgan fingerprint density at radius 2 is 1.70 bits per heavy atom. The molecule has 202 valence electrons. The number of benzene rings is 1. The summed E-state index contributed by atoms with van der Waals surface area (Å²) in [5.41, 5.74) is 1.00. The van der Waals surface area contributed by atoms with Crippen LogP contribution in [-0.4, -0.2) is 56.4 Å². The highest BCUT2D eigenvalue weighted by molar-refractivity contribution is 6.28. The minimum Gasteiger partial charge on any atom is -0.349 e. The number of nitrogens with zero attached hydrogens (tertiary/aromatic N) is 5. The molecule has 2 aliphatic rings. The fraction of sp³-hybridized carbons (Fsp3) is 0.560. The molecule has 5 rings (SSSR count). The third kappa shape index (κ3) is 5.67. The van der Waals surface area contributed by atoms with Crippen LogP contribution in [0.1, 0.15) is 56.6 Å². The molecule has 2 aromatic heterocycles. The number of aromatic amines is 1. The van der Waals surface area contributed by atoms with Crippen LogP contribution in [-0.2, 0) is 6.18 Å². The molecule has 3 heterocycles. The summed E-state index contributed by atoms with van der Waals surface area (Å²) in [4.78, 5) is 20.3. The Balaban J connectivity index is 0.00000156. The lowest BCUT2D eigenvalue weighted by Gasteiger charge is -2.49. The van der Waals surface area contributed by atoms with E-state index < -0.39 is 23.7 Å². The van der Waals surface area contributed by atoms with Crippen molar-refractivity contribution in [3.05, 3.63) is 46.5 Å². The number of alkyl halides is 5. The molecule has 37 heavy (non-hydrogen) atoms. The van der Waals surface area contributed by atoms with Gasteiger partial charge in [0.25, 0.3) is 0 Å². The maximum Gasteiger partial charge on any atom is 0.416 e. The lowest BCUT2D eigenvalue weighted by molar-refractivity contribution is -0.137. The lowest BCUT2D eigenvalue weighted by atomic mass is 9.73. The summed E-state index contributed by atoms with van der Waals surface area (Å²) in [5, 5.41) is 0.0768. The standard InChI is InChI=1S/C23H24ClF5N6.C2H6/c1-12-11-34(7-8-35(12)20-17-19(31-13(2)30-17)32-21(24)33-20)18(15-9-22(25,26)10-15)14-3-5-16(6-4-14)23(27,28)29;1-2/h3-6,12,15,18H,7-11H2,1-2H3,(H,30,31,32,33);1-2H3. The summed E-state index contributed by atoms with van der Waals surface area (Å²) in [5.74, 6) is -1.77. The second-order valence-electron chi connectivity index (χ2n) is 9.46. The zero-order valence-corrected chi connectivity index (χ0v) is 21.8. The summed E-state index contributed by atoms with van der Waals surface area (Å²) in [6.07, 6.45) is -5.00. The summed E-state index contributed by atoms with van der Waals surface area (Å²) in [7, 11) is 0. The molecule has 0 amide bonds. The van der Waals surface area contributed by atoms with Gasteiger partial charge in [0.05, 0.1) is 5.56 Å². The molecule has 6 nitrogen and oxygen atoms in total. The zero-order valence-electron chi connectivity index (χ0n) is 21.1. The van der Waals surface area contributed by atoms with Gasteiger partial charge in [0.2, 0.25) is 11.2 Å². The van der Waals surface area contributed by atoms with E-state index in [4.69, 9.17) is 11.6 Å². The molecule has 2 atom stereocenters. The molecule has 1 aromatic carbocycles. The molecule has 1 aliphatic heterocycles. The number of H-pyrrole nitrogens is 1. The van der Waals surface area contributed by atoms with Gasteiger partial charge in [0, 0.05) is 44.6 Å².